The zero-order valence-corrected chi connectivity index (χ0v) is 20.1. The molecule has 1 heterocycles. The van der Waals surface area contributed by atoms with Crippen molar-refractivity contribution in [2.45, 2.75) is 38.6 Å². The van der Waals surface area contributed by atoms with E-state index in [1.54, 1.807) is 18.2 Å². The van der Waals surface area contributed by atoms with Crippen molar-refractivity contribution >= 4 is 17.6 Å². The summed E-state index contributed by atoms with van der Waals surface area (Å²) in [6.45, 7) is 2.28. The minimum Gasteiger partial charge on any atom is -0.507 e. The quantitative estimate of drug-likeness (QED) is 0.302. The van der Waals surface area contributed by atoms with Gasteiger partial charge in [-0.25, -0.2) is 4.79 Å². The summed E-state index contributed by atoms with van der Waals surface area (Å²) in [5.74, 6) is 0.0453. The lowest BCUT2D eigenvalue weighted by molar-refractivity contribution is 0.102. The molecule has 7 heteroatoms. The van der Waals surface area contributed by atoms with Gasteiger partial charge in [0.2, 0.25) is 0 Å². The first-order valence-corrected chi connectivity index (χ1v) is 12.1. The molecule has 1 saturated carbocycles. The number of aromatic nitrogens is 2. The molecular weight excluding hydrogens is 452 g/mol. The van der Waals surface area contributed by atoms with Gasteiger partial charge in [-0.05, 0) is 61.2 Å². The van der Waals surface area contributed by atoms with Gasteiger partial charge < -0.3 is 15.7 Å². The number of hydrogen-bond acceptors (Lipinski definition) is 4. The van der Waals surface area contributed by atoms with E-state index in [-0.39, 0.29) is 23.6 Å². The first-order chi connectivity index (χ1) is 17.5. The van der Waals surface area contributed by atoms with Crippen LogP contribution in [0.25, 0.3) is 11.3 Å². The van der Waals surface area contributed by atoms with E-state index in [4.69, 9.17) is 0 Å². The highest BCUT2D eigenvalue weighted by Crippen LogP contribution is 2.39. The largest absolute Gasteiger partial charge is 0.507 e. The first-order valence-electron chi connectivity index (χ1n) is 12.1. The highest BCUT2D eigenvalue weighted by atomic mass is 16.3. The van der Waals surface area contributed by atoms with Crippen LogP contribution in [0.1, 0.15) is 52.4 Å². The fourth-order valence-corrected chi connectivity index (χ4v) is 4.38. The number of carbonyl (C=O) groups is 2. The number of benzene rings is 3. The number of aryl methyl sites for hydroxylation is 1. The van der Waals surface area contributed by atoms with Crippen LogP contribution in [-0.4, -0.2) is 26.8 Å². The summed E-state index contributed by atoms with van der Waals surface area (Å²) in [5, 5.41) is 21.0. The summed E-state index contributed by atoms with van der Waals surface area (Å²) in [7, 11) is 0. The van der Waals surface area contributed by atoms with Gasteiger partial charge in [-0.1, -0.05) is 55.0 Å². The van der Waals surface area contributed by atoms with Crippen molar-refractivity contribution in [2.24, 2.45) is 0 Å². The first kappa shape index (κ1) is 23.4. The van der Waals surface area contributed by atoms with Crippen LogP contribution in [0.15, 0.2) is 78.9 Å². The number of aromatic hydroxyl groups is 1. The number of hydrogen-bond donors (Lipinski definition) is 3. The molecule has 36 heavy (non-hydrogen) atoms. The Kier molecular flexibility index (Phi) is 6.54. The lowest BCUT2D eigenvalue weighted by Gasteiger charge is -2.25. The van der Waals surface area contributed by atoms with Crippen molar-refractivity contribution in [1.82, 2.24) is 15.1 Å². The third-order valence-corrected chi connectivity index (χ3v) is 6.66. The van der Waals surface area contributed by atoms with Crippen LogP contribution >= 0.6 is 0 Å². The molecular formula is C29H28N4O3. The van der Waals surface area contributed by atoms with Crippen LogP contribution in [0.5, 0.6) is 5.75 Å². The second-order valence-corrected chi connectivity index (χ2v) is 9.14. The van der Waals surface area contributed by atoms with Crippen LogP contribution < -0.4 is 10.6 Å². The van der Waals surface area contributed by atoms with Crippen molar-refractivity contribution in [2.75, 3.05) is 5.32 Å². The van der Waals surface area contributed by atoms with Crippen LogP contribution in [0, 0.1) is 6.92 Å². The molecule has 1 fully saturated rings. The van der Waals surface area contributed by atoms with Crippen molar-refractivity contribution < 1.29 is 14.7 Å². The Morgan fingerprint density at radius 1 is 1.00 bits per heavy atom. The zero-order valence-electron chi connectivity index (χ0n) is 20.1. The van der Waals surface area contributed by atoms with Gasteiger partial charge in [0, 0.05) is 29.3 Å². The zero-order chi connectivity index (χ0) is 25.1. The Bertz CT molecular complexity index is 1410. The topological polar surface area (TPSA) is 96.2 Å². The number of nitrogens with one attached hydrogen (secondary N) is 2. The molecule has 0 unspecified atom stereocenters. The van der Waals surface area contributed by atoms with E-state index in [0.717, 1.165) is 36.1 Å². The highest BCUT2D eigenvalue weighted by molar-refractivity contribution is 6.05. The van der Waals surface area contributed by atoms with Gasteiger partial charge in [-0.15, -0.1) is 0 Å². The lowest BCUT2D eigenvalue weighted by atomic mass is 9.82. The summed E-state index contributed by atoms with van der Waals surface area (Å²) in [6, 6.07) is 23.5. The molecule has 0 spiro atoms. The minimum absolute atomic E-state index is 0.0263. The molecule has 5 rings (SSSR count). The van der Waals surface area contributed by atoms with Gasteiger partial charge in [-0.3, -0.25) is 4.79 Å². The molecule has 182 valence electrons. The normalized spacial score (nSPS) is 13.1. The van der Waals surface area contributed by atoms with Crippen molar-refractivity contribution in [3.63, 3.8) is 0 Å². The Balaban J connectivity index is 1.41. The van der Waals surface area contributed by atoms with E-state index in [0.29, 0.717) is 29.1 Å². The van der Waals surface area contributed by atoms with E-state index >= 15 is 0 Å². The van der Waals surface area contributed by atoms with Crippen molar-refractivity contribution in [3.8, 4) is 17.0 Å². The maximum atomic E-state index is 13.1. The van der Waals surface area contributed by atoms with Crippen molar-refractivity contribution in [3.05, 3.63) is 101 Å². The number of nitrogens with zero attached hydrogens (tertiary/aromatic N) is 2. The molecule has 2 amide bonds. The Morgan fingerprint density at radius 3 is 2.47 bits per heavy atom. The number of phenols is 1. The van der Waals surface area contributed by atoms with Gasteiger partial charge in [-0.2, -0.15) is 9.78 Å². The minimum atomic E-state index is -0.310. The fourth-order valence-electron chi connectivity index (χ4n) is 4.38. The van der Waals surface area contributed by atoms with E-state index in [9.17, 15) is 14.7 Å². The van der Waals surface area contributed by atoms with E-state index in [1.165, 1.54) is 10.7 Å². The SMILES string of the molecule is Cc1ccccc1C(=O)Nc1ccc(O)c(-c2cc(C3CCC3)n(C(=O)NCc3ccccc3)n2)c1. The molecule has 0 radical (unpaired) electrons. The van der Waals surface area contributed by atoms with E-state index in [1.807, 2.05) is 61.5 Å². The second-order valence-electron chi connectivity index (χ2n) is 9.14. The van der Waals surface area contributed by atoms with Gasteiger partial charge in [0.05, 0.1) is 11.4 Å². The van der Waals surface area contributed by atoms with Crippen LogP contribution in [0.2, 0.25) is 0 Å². The molecule has 7 nitrogen and oxygen atoms in total. The predicted molar refractivity (Wildman–Crippen MR) is 139 cm³/mol. The summed E-state index contributed by atoms with van der Waals surface area (Å²) in [6.07, 6.45) is 3.10. The summed E-state index contributed by atoms with van der Waals surface area (Å²) in [5.41, 5.74) is 4.75. The monoisotopic (exact) mass is 480 g/mol. The average molecular weight is 481 g/mol. The van der Waals surface area contributed by atoms with Gasteiger partial charge >= 0.3 is 6.03 Å². The molecule has 3 N–H and O–H groups in total. The average Bonchev–Trinajstić information content (AvgIpc) is 3.28. The van der Waals surface area contributed by atoms with Gasteiger partial charge in [0.15, 0.2) is 0 Å². The maximum absolute atomic E-state index is 13.1. The van der Waals surface area contributed by atoms with Crippen LogP contribution in [0.3, 0.4) is 0 Å². The molecule has 0 aliphatic heterocycles. The summed E-state index contributed by atoms with van der Waals surface area (Å²) < 4.78 is 1.42. The van der Waals surface area contributed by atoms with Crippen LogP contribution in [-0.2, 0) is 6.54 Å². The maximum Gasteiger partial charge on any atom is 0.342 e. The number of anilines is 1. The Labute approximate surface area is 209 Å². The Hall–Kier alpha value is -4.39. The van der Waals surface area contributed by atoms with Gasteiger partial charge in [0.25, 0.3) is 5.91 Å². The van der Waals surface area contributed by atoms with Crippen LogP contribution in [0.4, 0.5) is 10.5 Å². The molecule has 0 atom stereocenters. The third-order valence-electron chi connectivity index (χ3n) is 6.66. The summed E-state index contributed by atoms with van der Waals surface area (Å²) >= 11 is 0. The molecule has 1 aliphatic rings. The van der Waals surface area contributed by atoms with Gasteiger partial charge in [0.1, 0.15) is 5.75 Å². The van der Waals surface area contributed by atoms with Crippen molar-refractivity contribution in [1.29, 1.82) is 0 Å². The molecule has 3 aromatic carbocycles. The fraction of sp³-hybridized carbons (Fsp3) is 0.207. The number of phenolic OH excluding ortho intramolecular Hbond substituents is 1. The van der Waals surface area contributed by atoms with E-state index in [2.05, 4.69) is 15.7 Å². The highest BCUT2D eigenvalue weighted by Gasteiger charge is 2.27. The molecule has 1 aliphatic carbocycles. The second kappa shape index (κ2) is 10.1. The summed E-state index contributed by atoms with van der Waals surface area (Å²) in [4.78, 5) is 25.9. The predicted octanol–water partition coefficient (Wildman–Crippen LogP) is 5.84. The van der Waals surface area contributed by atoms with E-state index < -0.39 is 0 Å². The third kappa shape index (κ3) is 4.86. The molecule has 1 aromatic heterocycles. The molecule has 0 saturated heterocycles. The lowest BCUT2D eigenvalue weighted by Crippen LogP contribution is -2.31. The Morgan fingerprint density at radius 2 is 1.75 bits per heavy atom. The molecule has 0 bridgehead atoms. The number of carbonyl (C=O) groups excluding carboxylic acids is 2. The smallest absolute Gasteiger partial charge is 0.342 e. The number of rotatable bonds is 6. The standard InChI is InChI=1S/C29H28N4O3/c1-19-8-5-6-13-23(19)28(35)31-22-14-15-27(34)24(16-22)25-17-26(21-11-7-12-21)33(32-25)29(36)30-18-20-9-3-2-4-10-20/h2-6,8-10,13-17,21,34H,7,11-12,18H2,1H3,(H,30,36)(H,31,35). The number of amides is 2. The molecule has 4 aromatic rings.